The zero-order chi connectivity index (χ0) is 28.5. The van der Waals surface area contributed by atoms with Crippen molar-refractivity contribution in [1.29, 1.82) is 0 Å². The molecule has 0 aliphatic carbocycles. The third kappa shape index (κ3) is 3.56. The Balaban J connectivity index is 1.39. The molecule has 2 heterocycles. The summed E-state index contributed by atoms with van der Waals surface area (Å²) in [5.41, 5.74) is 4.04. The van der Waals surface area contributed by atoms with Crippen molar-refractivity contribution in [3.63, 3.8) is 0 Å². The Morgan fingerprint density at radius 1 is 0.442 bits per heavy atom. The first-order valence-electron chi connectivity index (χ1n) is 14.5. The number of rotatable bonds is 3. The first-order chi connectivity index (χ1) is 21.2. The van der Waals surface area contributed by atoms with E-state index in [0.29, 0.717) is 0 Å². The monoisotopic (exact) mass is 568 g/mol. The van der Waals surface area contributed by atoms with E-state index in [0.717, 1.165) is 75.8 Å². The maximum atomic E-state index is 15.9. The molecule has 0 atom stereocenters. The second-order valence-corrected chi connectivity index (χ2v) is 13.9. The van der Waals surface area contributed by atoms with Crippen molar-refractivity contribution in [3.05, 3.63) is 152 Å². The zero-order valence-electron chi connectivity index (χ0n) is 23.2. The van der Waals surface area contributed by atoms with Crippen LogP contribution in [0.5, 0.6) is 0 Å². The fourth-order valence-electron chi connectivity index (χ4n) is 6.69. The molecule has 9 rings (SSSR count). The Bertz CT molecular complexity index is 2530. The minimum Gasteiger partial charge on any atom is -0.309 e. The van der Waals surface area contributed by atoms with Crippen molar-refractivity contribution in [3.8, 4) is 0 Å². The molecule has 0 spiro atoms. The fraction of sp³-hybridized carbons (Fsp3) is 0. The van der Waals surface area contributed by atoms with E-state index >= 15 is 4.57 Å². The van der Waals surface area contributed by atoms with Gasteiger partial charge in [-0.05, 0) is 69.4 Å². The number of hydrogen-bond acceptors (Lipinski definition) is 2. The van der Waals surface area contributed by atoms with Crippen molar-refractivity contribution in [2.75, 3.05) is 0 Å². The van der Waals surface area contributed by atoms with E-state index in [4.69, 9.17) is 4.98 Å². The van der Waals surface area contributed by atoms with Crippen molar-refractivity contribution >= 4 is 83.0 Å². The summed E-state index contributed by atoms with van der Waals surface area (Å²) in [5, 5.41) is 10.1. The molecule has 43 heavy (non-hydrogen) atoms. The van der Waals surface area contributed by atoms with Gasteiger partial charge in [-0.15, -0.1) is 0 Å². The van der Waals surface area contributed by atoms with Crippen LogP contribution in [0.3, 0.4) is 0 Å². The summed E-state index contributed by atoms with van der Waals surface area (Å²) < 4.78 is 18.1. The second-order valence-electron chi connectivity index (χ2n) is 11.2. The summed E-state index contributed by atoms with van der Waals surface area (Å²) in [4.78, 5) is 5.06. The number of fused-ring (bicyclic) bond motifs is 10. The van der Waals surface area contributed by atoms with Gasteiger partial charge >= 0.3 is 0 Å². The normalized spacial score (nSPS) is 12.3. The Morgan fingerprint density at radius 3 is 1.67 bits per heavy atom. The molecule has 9 aromatic rings. The molecule has 4 heteroatoms. The van der Waals surface area contributed by atoms with Gasteiger partial charge in [0, 0.05) is 26.7 Å². The summed E-state index contributed by atoms with van der Waals surface area (Å²) in [5.74, 6) is 0. The molecule has 0 saturated heterocycles. The first-order valence-corrected chi connectivity index (χ1v) is 16.2. The van der Waals surface area contributed by atoms with Gasteiger partial charge in [-0.3, -0.25) is 4.40 Å². The van der Waals surface area contributed by atoms with Crippen LogP contribution in [0.2, 0.25) is 0 Å². The number of aromatic nitrogens is 2. The van der Waals surface area contributed by atoms with E-state index in [1.807, 2.05) is 42.5 Å². The summed E-state index contributed by atoms with van der Waals surface area (Å²) in [6, 6.07) is 52.1. The Hall–Kier alpha value is -5.24. The highest BCUT2D eigenvalue weighted by Crippen LogP contribution is 2.45. The summed E-state index contributed by atoms with van der Waals surface area (Å²) in [6.07, 6.45) is 0. The van der Waals surface area contributed by atoms with Crippen LogP contribution in [0.1, 0.15) is 0 Å². The zero-order valence-corrected chi connectivity index (χ0v) is 24.1. The Kier molecular flexibility index (Phi) is 5.17. The summed E-state index contributed by atoms with van der Waals surface area (Å²) >= 11 is 0. The molecule has 0 amide bonds. The fourth-order valence-corrected chi connectivity index (χ4v) is 9.39. The van der Waals surface area contributed by atoms with E-state index in [2.05, 4.69) is 114 Å². The van der Waals surface area contributed by atoms with Gasteiger partial charge in [-0.25, -0.2) is 4.98 Å². The van der Waals surface area contributed by atoms with Gasteiger partial charge in [0.1, 0.15) is 5.65 Å². The van der Waals surface area contributed by atoms with Crippen LogP contribution >= 0.6 is 7.14 Å². The lowest BCUT2D eigenvalue weighted by atomic mass is 10.1. The average molecular weight is 569 g/mol. The molecule has 0 unspecified atom stereocenters. The molecule has 3 nitrogen and oxygen atoms in total. The molecule has 0 saturated carbocycles. The van der Waals surface area contributed by atoms with E-state index < -0.39 is 7.14 Å². The number of pyridine rings is 1. The predicted octanol–water partition coefficient (Wildman–Crippen LogP) is 8.74. The maximum absolute atomic E-state index is 15.9. The van der Waals surface area contributed by atoms with Crippen LogP contribution in [0.4, 0.5) is 0 Å². The molecule has 0 bridgehead atoms. The topological polar surface area (TPSA) is 34.4 Å². The number of imidazole rings is 1. The van der Waals surface area contributed by atoms with Crippen LogP contribution in [-0.4, -0.2) is 9.38 Å². The molecule has 0 aliphatic heterocycles. The highest BCUT2D eigenvalue weighted by molar-refractivity contribution is 7.85. The SMILES string of the molecule is O=P(c1ccc2ccccc2c1)(c1ccc2ccccc2c1)c1ccc2c(c1)c1ccccc1n1c3ccccc3nc21. The predicted molar refractivity (Wildman–Crippen MR) is 182 cm³/mol. The molecule has 0 aliphatic rings. The third-order valence-corrected chi connectivity index (χ3v) is 11.8. The molecular weight excluding hydrogens is 543 g/mol. The lowest BCUT2D eigenvalue weighted by Crippen LogP contribution is -2.25. The number of para-hydroxylation sites is 3. The van der Waals surface area contributed by atoms with Gasteiger partial charge in [-0.1, -0.05) is 109 Å². The van der Waals surface area contributed by atoms with Gasteiger partial charge in [-0.2, -0.15) is 0 Å². The van der Waals surface area contributed by atoms with Crippen LogP contribution < -0.4 is 15.9 Å². The second kappa shape index (κ2) is 9.13. The molecule has 202 valence electrons. The van der Waals surface area contributed by atoms with Crippen LogP contribution in [0.25, 0.3) is 59.9 Å². The standard InChI is InChI=1S/C39H25N2OP/c42-43(30-19-17-26-9-1-3-11-28(26)23-30,31-20-18-27-10-2-4-12-29(27)24-31)32-21-22-34-35(25-32)33-13-5-7-15-37(33)41-38-16-8-6-14-36(38)40-39(34)41/h1-25H. The van der Waals surface area contributed by atoms with E-state index in [1.54, 1.807) is 0 Å². The number of nitrogens with zero attached hydrogens (tertiary/aromatic N) is 2. The highest BCUT2D eigenvalue weighted by Gasteiger charge is 2.31. The average Bonchev–Trinajstić information content (AvgIpc) is 3.47. The van der Waals surface area contributed by atoms with Crippen molar-refractivity contribution < 1.29 is 4.57 Å². The van der Waals surface area contributed by atoms with Crippen molar-refractivity contribution in [1.82, 2.24) is 9.38 Å². The molecule has 7 aromatic carbocycles. The Morgan fingerprint density at radius 2 is 0.977 bits per heavy atom. The van der Waals surface area contributed by atoms with E-state index in [1.165, 1.54) is 0 Å². The lowest BCUT2D eigenvalue weighted by Gasteiger charge is -2.22. The molecule has 2 aromatic heterocycles. The van der Waals surface area contributed by atoms with Crippen molar-refractivity contribution in [2.45, 2.75) is 0 Å². The highest BCUT2D eigenvalue weighted by atomic mass is 31.2. The minimum atomic E-state index is -3.28. The third-order valence-electron chi connectivity index (χ3n) is 8.80. The van der Waals surface area contributed by atoms with Crippen LogP contribution in [-0.2, 0) is 4.57 Å². The molecule has 0 fully saturated rings. The molecule has 0 N–H and O–H groups in total. The van der Waals surface area contributed by atoms with Gasteiger partial charge in [0.2, 0.25) is 0 Å². The van der Waals surface area contributed by atoms with E-state index in [9.17, 15) is 0 Å². The van der Waals surface area contributed by atoms with Crippen LogP contribution in [0.15, 0.2) is 152 Å². The quantitative estimate of drug-likeness (QED) is 0.158. The maximum Gasteiger partial charge on any atom is 0.171 e. The summed E-state index contributed by atoms with van der Waals surface area (Å²) in [7, 11) is -3.28. The number of hydrogen-bond donors (Lipinski definition) is 0. The largest absolute Gasteiger partial charge is 0.309 e. The van der Waals surface area contributed by atoms with Crippen LogP contribution in [0, 0.1) is 0 Å². The smallest absolute Gasteiger partial charge is 0.171 e. The number of benzene rings is 7. The van der Waals surface area contributed by atoms with Gasteiger partial charge < -0.3 is 4.57 Å². The molecular formula is C39H25N2OP. The van der Waals surface area contributed by atoms with Crippen molar-refractivity contribution in [2.24, 2.45) is 0 Å². The van der Waals surface area contributed by atoms with E-state index in [-0.39, 0.29) is 0 Å². The summed E-state index contributed by atoms with van der Waals surface area (Å²) in [6.45, 7) is 0. The van der Waals surface area contributed by atoms with Gasteiger partial charge in [0.15, 0.2) is 7.14 Å². The first kappa shape index (κ1) is 24.4. The minimum absolute atomic E-state index is 0.816. The van der Waals surface area contributed by atoms with Gasteiger partial charge in [0.25, 0.3) is 0 Å². The van der Waals surface area contributed by atoms with Gasteiger partial charge in [0.05, 0.1) is 16.6 Å². The lowest BCUT2D eigenvalue weighted by molar-refractivity contribution is 0.592. The Labute approximate surface area is 248 Å². The molecule has 0 radical (unpaired) electrons.